The molecule has 0 amide bonds. The van der Waals surface area contributed by atoms with E-state index in [1.54, 1.807) is 12.1 Å². The first-order chi connectivity index (χ1) is 9.61. The second-order valence-electron chi connectivity index (χ2n) is 4.38. The van der Waals surface area contributed by atoms with Gasteiger partial charge in [-0.1, -0.05) is 36.4 Å². The van der Waals surface area contributed by atoms with Gasteiger partial charge in [-0.15, -0.1) is 0 Å². The Morgan fingerprint density at radius 3 is 2.15 bits per heavy atom. The number of benzene rings is 2. The number of halogens is 3. The third-order valence-electron chi connectivity index (χ3n) is 3.03. The summed E-state index contributed by atoms with van der Waals surface area (Å²) in [6, 6.07) is 13.8. The lowest BCUT2D eigenvalue weighted by Crippen LogP contribution is -2.20. The predicted octanol–water partition coefficient (Wildman–Crippen LogP) is 4.50. The van der Waals surface area contributed by atoms with E-state index in [0.29, 0.717) is 6.54 Å². The van der Waals surface area contributed by atoms with E-state index < -0.39 is 6.43 Å². The van der Waals surface area contributed by atoms with Crippen molar-refractivity contribution in [3.63, 3.8) is 0 Å². The molecule has 0 aliphatic carbocycles. The molecule has 0 aliphatic heterocycles. The van der Waals surface area contributed by atoms with Crippen LogP contribution in [-0.4, -0.2) is 6.54 Å². The maximum atomic E-state index is 12.5. The summed E-state index contributed by atoms with van der Waals surface area (Å²) in [6.07, 6.45) is -2.45. The molecule has 0 aromatic heterocycles. The number of hydrogen-bond donors (Lipinski definition) is 2. The number of alkyl halides is 2. The van der Waals surface area contributed by atoms with Crippen LogP contribution in [0.4, 0.5) is 14.5 Å². The van der Waals surface area contributed by atoms with Gasteiger partial charge in [0, 0.05) is 22.3 Å². The van der Waals surface area contributed by atoms with Crippen LogP contribution in [0.3, 0.4) is 0 Å². The van der Waals surface area contributed by atoms with Gasteiger partial charge in [-0.3, -0.25) is 0 Å². The minimum atomic E-state index is -2.45. The number of anilines is 1. The summed E-state index contributed by atoms with van der Waals surface area (Å²) in [7, 11) is 0. The summed E-state index contributed by atoms with van der Waals surface area (Å²) in [5, 5.41) is 3.30. The molecule has 0 fully saturated rings. The van der Waals surface area contributed by atoms with E-state index in [2.05, 4.69) is 21.2 Å². The molecule has 0 heterocycles. The first kappa shape index (κ1) is 14.9. The highest BCUT2D eigenvalue weighted by atomic mass is 79.9. The van der Waals surface area contributed by atoms with E-state index in [1.165, 1.54) is 12.1 Å². The van der Waals surface area contributed by atoms with Crippen molar-refractivity contribution in [2.75, 3.05) is 11.9 Å². The molecule has 106 valence electrons. The summed E-state index contributed by atoms with van der Waals surface area (Å²) in [5.74, 6) is 0. The standard InChI is InChI=1S/C15H15BrF2N2/c16-12-3-1-2-4-13(12)20-14(9-19)10-5-7-11(8-6-10)15(17)18/h1-8,14-15,20H,9,19H2. The molecule has 5 heteroatoms. The lowest BCUT2D eigenvalue weighted by atomic mass is 10.0. The van der Waals surface area contributed by atoms with Gasteiger partial charge in [0.15, 0.2) is 0 Å². The van der Waals surface area contributed by atoms with Crippen molar-refractivity contribution in [2.24, 2.45) is 5.73 Å². The fourth-order valence-electron chi connectivity index (χ4n) is 1.92. The zero-order valence-electron chi connectivity index (χ0n) is 10.7. The van der Waals surface area contributed by atoms with Crippen LogP contribution in [0.5, 0.6) is 0 Å². The zero-order valence-corrected chi connectivity index (χ0v) is 12.3. The Balaban J connectivity index is 2.18. The lowest BCUT2D eigenvalue weighted by molar-refractivity contribution is 0.151. The van der Waals surface area contributed by atoms with Gasteiger partial charge >= 0.3 is 0 Å². The van der Waals surface area contributed by atoms with Crippen molar-refractivity contribution in [3.8, 4) is 0 Å². The van der Waals surface area contributed by atoms with Crippen LogP contribution in [0, 0.1) is 0 Å². The van der Waals surface area contributed by atoms with Gasteiger partial charge in [-0.2, -0.15) is 0 Å². The van der Waals surface area contributed by atoms with E-state index in [1.807, 2.05) is 24.3 Å². The van der Waals surface area contributed by atoms with Crippen LogP contribution < -0.4 is 11.1 Å². The minimum absolute atomic E-state index is 0.0189. The van der Waals surface area contributed by atoms with Gasteiger partial charge in [0.25, 0.3) is 6.43 Å². The monoisotopic (exact) mass is 340 g/mol. The molecule has 0 saturated heterocycles. The molecule has 0 radical (unpaired) electrons. The zero-order chi connectivity index (χ0) is 14.5. The fraction of sp³-hybridized carbons (Fsp3) is 0.200. The number of nitrogens with two attached hydrogens (primary N) is 1. The largest absolute Gasteiger partial charge is 0.376 e. The van der Waals surface area contributed by atoms with Gasteiger partial charge in [0.1, 0.15) is 0 Å². The smallest absolute Gasteiger partial charge is 0.263 e. The molecule has 0 aliphatic rings. The van der Waals surface area contributed by atoms with Crippen molar-refractivity contribution in [1.29, 1.82) is 0 Å². The summed E-state index contributed by atoms with van der Waals surface area (Å²) in [5.41, 5.74) is 7.59. The average molecular weight is 341 g/mol. The highest BCUT2D eigenvalue weighted by Gasteiger charge is 2.12. The molecule has 2 aromatic rings. The molecule has 0 spiro atoms. The second-order valence-corrected chi connectivity index (χ2v) is 5.23. The van der Waals surface area contributed by atoms with Gasteiger partial charge < -0.3 is 11.1 Å². The first-order valence-electron chi connectivity index (χ1n) is 6.21. The summed E-state index contributed by atoms with van der Waals surface area (Å²) in [4.78, 5) is 0. The summed E-state index contributed by atoms with van der Waals surface area (Å²) < 4.78 is 26.0. The maximum absolute atomic E-state index is 12.5. The maximum Gasteiger partial charge on any atom is 0.263 e. The van der Waals surface area contributed by atoms with Crippen LogP contribution in [0.2, 0.25) is 0 Å². The fourth-order valence-corrected chi connectivity index (χ4v) is 2.32. The Hall–Kier alpha value is -1.46. The highest BCUT2D eigenvalue weighted by Crippen LogP contribution is 2.27. The number of hydrogen-bond acceptors (Lipinski definition) is 2. The quantitative estimate of drug-likeness (QED) is 0.840. The summed E-state index contributed by atoms with van der Waals surface area (Å²) >= 11 is 3.45. The molecule has 1 unspecified atom stereocenters. The molecule has 20 heavy (non-hydrogen) atoms. The number of para-hydroxylation sites is 1. The van der Waals surface area contributed by atoms with E-state index in [0.717, 1.165) is 15.7 Å². The van der Waals surface area contributed by atoms with E-state index in [9.17, 15) is 8.78 Å². The third-order valence-corrected chi connectivity index (χ3v) is 3.72. The molecular formula is C15H15BrF2N2. The minimum Gasteiger partial charge on any atom is -0.376 e. The van der Waals surface area contributed by atoms with Crippen molar-refractivity contribution in [1.82, 2.24) is 0 Å². The van der Waals surface area contributed by atoms with Crippen LogP contribution in [0.15, 0.2) is 53.0 Å². The molecule has 3 N–H and O–H groups in total. The molecule has 2 rings (SSSR count). The molecule has 2 nitrogen and oxygen atoms in total. The van der Waals surface area contributed by atoms with Crippen LogP contribution in [0.25, 0.3) is 0 Å². The van der Waals surface area contributed by atoms with Gasteiger partial charge in [-0.25, -0.2) is 8.78 Å². The van der Waals surface area contributed by atoms with Crippen molar-refractivity contribution in [2.45, 2.75) is 12.5 Å². The topological polar surface area (TPSA) is 38.0 Å². The first-order valence-corrected chi connectivity index (χ1v) is 7.00. The van der Waals surface area contributed by atoms with Crippen molar-refractivity contribution >= 4 is 21.6 Å². The SMILES string of the molecule is NCC(Nc1ccccc1Br)c1ccc(C(F)F)cc1. The number of rotatable bonds is 5. The molecule has 2 aromatic carbocycles. The van der Waals surface area contributed by atoms with Crippen LogP contribution >= 0.6 is 15.9 Å². The normalized spacial score (nSPS) is 12.4. The Morgan fingerprint density at radius 1 is 1.00 bits per heavy atom. The molecule has 0 bridgehead atoms. The Kier molecular flexibility index (Phi) is 5.09. The molecular weight excluding hydrogens is 326 g/mol. The second kappa shape index (κ2) is 6.81. The predicted molar refractivity (Wildman–Crippen MR) is 81.0 cm³/mol. The number of nitrogens with one attached hydrogen (secondary N) is 1. The van der Waals surface area contributed by atoms with Crippen molar-refractivity contribution < 1.29 is 8.78 Å². The third kappa shape index (κ3) is 3.55. The Labute approximate surface area is 125 Å². The Bertz CT molecular complexity index is 558. The van der Waals surface area contributed by atoms with Gasteiger partial charge in [0.2, 0.25) is 0 Å². The average Bonchev–Trinajstić information content (AvgIpc) is 2.46. The van der Waals surface area contributed by atoms with E-state index >= 15 is 0 Å². The lowest BCUT2D eigenvalue weighted by Gasteiger charge is -2.20. The summed E-state index contributed by atoms with van der Waals surface area (Å²) in [6.45, 7) is 0.370. The van der Waals surface area contributed by atoms with Crippen LogP contribution in [0.1, 0.15) is 23.6 Å². The molecule has 1 atom stereocenters. The van der Waals surface area contributed by atoms with Crippen LogP contribution in [-0.2, 0) is 0 Å². The van der Waals surface area contributed by atoms with Gasteiger partial charge in [-0.05, 0) is 33.6 Å². The molecule has 0 saturated carbocycles. The van der Waals surface area contributed by atoms with Crippen molar-refractivity contribution in [3.05, 3.63) is 64.1 Å². The van der Waals surface area contributed by atoms with Gasteiger partial charge in [0.05, 0.1) is 6.04 Å². The van der Waals surface area contributed by atoms with E-state index in [-0.39, 0.29) is 11.6 Å². The Morgan fingerprint density at radius 2 is 1.60 bits per heavy atom. The van der Waals surface area contributed by atoms with E-state index in [4.69, 9.17) is 5.73 Å². The highest BCUT2D eigenvalue weighted by molar-refractivity contribution is 9.10.